The zero-order valence-corrected chi connectivity index (χ0v) is 14.7. The van der Waals surface area contributed by atoms with Crippen LogP contribution in [0.1, 0.15) is 0 Å². The first kappa shape index (κ1) is 43.5. The van der Waals surface area contributed by atoms with Crippen molar-refractivity contribution in [3.63, 3.8) is 0 Å². The first-order chi connectivity index (χ1) is 10.9. The summed E-state index contributed by atoms with van der Waals surface area (Å²) >= 11 is 0. The molecule has 0 aromatic rings. The summed E-state index contributed by atoms with van der Waals surface area (Å²) in [6.45, 7) is 3.58. The van der Waals surface area contributed by atoms with Gasteiger partial charge in [0.15, 0.2) is 0 Å². The van der Waals surface area contributed by atoms with Gasteiger partial charge in [-0.05, 0) is 0 Å². The number of rotatable bonds is 3. The van der Waals surface area contributed by atoms with Crippen molar-refractivity contribution in [2.24, 2.45) is 34.4 Å². The summed E-state index contributed by atoms with van der Waals surface area (Å²) in [7, 11) is 0. The van der Waals surface area contributed by atoms with Crippen molar-refractivity contribution >= 4 is 0 Å². The number of hydrogen-bond acceptors (Lipinski definition) is 15. The van der Waals surface area contributed by atoms with E-state index in [1.165, 1.54) is 0 Å². The average molecular weight is 469 g/mol. The van der Waals surface area contributed by atoms with Crippen LogP contribution in [0.2, 0.25) is 0 Å². The van der Waals surface area contributed by atoms with Gasteiger partial charge < -0.3 is 80.4 Å². The molecule has 0 radical (unpaired) electrons. The van der Waals surface area contributed by atoms with Crippen molar-refractivity contribution in [2.45, 2.75) is 0 Å². The molecule has 0 rings (SSSR count). The van der Waals surface area contributed by atoms with E-state index in [1.807, 2.05) is 0 Å². The second kappa shape index (κ2) is 57.4. The molecule has 0 spiro atoms. The van der Waals surface area contributed by atoms with Gasteiger partial charge in [0, 0.05) is 39.3 Å². The molecular weight excluding hydrogens is 445 g/mol. The molecule has 0 saturated heterocycles. The minimum absolute atomic E-state index is 0. The standard InChI is InChI=1S/3C2H8N2.3NO3.Rh/c3*3-1-2-4;3*2-1(3)4;/h3*1-4H2;;;;/q;;;3*-1;+3. The zero-order chi connectivity index (χ0) is 21.0. The molecule has 0 heterocycles. The van der Waals surface area contributed by atoms with E-state index in [-0.39, 0.29) is 19.5 Å². The van der Waals surface area contributed by atoms with Crippen LogP contribution in [0.5, 0.6) is 0 Å². The maximum atomic E-state index is 8.25. The molecule has 0 unspecified atom stereocenters. The molecule has 0 aliphatic carbocycles. The minimum Gasteiger partial charge on any atom is -0.356 e. The van der Waals surface area contributed by atoms with E-state index in [0.29, 0.717) is 39.3 Å². The van der Waals surface area contributed by atoms with Gasteiger partial charge in [-0.2, -0.15) is 0 Å². The number of nitrogens with zero attached hydrogens (tertiary/aromatic N) is 3. The molecule has 19 heteroatoms. The molecule has 0 fully saturated rings. The number of nitrogens with two attached hydrogens (primary N) is 6. The Morgan fingerprint density at radius 3 is 0.480 bits per heavy atom. The van der Waals surface area contributed by atoms with Gasteiger partial charge in [-0.25, -0.2) is 0 Å². The molecular formula is C6H24N9O9Rh. The zero-order valence-electron chi connectivity index (χ0n) is 13.1. The maximum Gasteiger partial charge on any atom is 3.00 e. The van der Waals surface area contributed by atoms with Crippen LogP contribution in [-0.4, -0.2) is 54.5 Å². The Morgan fingerprint density at radius 2 is 0.480 bits per heavy atom. The quantitative estimate of drug-likeness (QED) is 0.130. The van der Waals surface area contributed by atoms with Crippen molar-refractivity contribution in [1.82, 2.24) is 0 Å². The van der Waals surface area contributed by atoms with Crippen molar-refractivity contribution in [1.29, 1.82) is 0 Å². The summed E-state index contributed by atoms with van der Waals surface area (Å²) in [6, 6.07) is 0. The van der Waals surface area contributed by atoms with E-state index in [0.717, 1.165) is 0 Å². The van der Waals surface area contributed by atoms with Crippen LogP contribution >= 0.6 is 0 Å². The molecule has 0 aromatic heterocycles. The Morgan fingerprint density at radius 1 is 0.440 bits per heavy atom. The summed E-state index contributed by atoms with van der Waals surface area (Å²) in [5.41, 5.74) is 29.4. The summed E-state index contributed by atoms with van der Waals surface area (Å²) < 4.78 is 0. The van der Waals surface area contributed by atoms with Gasteiger partial charge >= 0.3 is 19.5 Å². The third kappa shape index (κ3) is 9080. The molecule has 0 aliphatic heterocycles. The maximum absolute atomic E-state index is 8.25. The van der Waals surface area contributed by atoms with E-state index in [4.69, 9.17) is 80.4 Å². The van der Waals surface area contributed by atoms with Crippen molar-refractivity contribution in [3.8, 4) is 0 Å². The summed E-state index contributed by atoms with van der Waals surface area (Å²) in [5, 5.41) is 44.2. The van der Waals surface area contributed by atoms with Crippen LogP contribution in [0.15, 0.2) is 0 Å². The first-order valence-corrected chi connectivity index (χ1v) is 5.59. The van der Waals surface area contributed by atoms with Gasteiger partial charge in [0.05, 0.1) is 15.3 Å². The average Bonchev–Trinajstić information content (AvgIpc) is 2.45. The predicted octanol–water partition coefficient (Wildman–Crippen LogP) is -4.01. The summed E-state index contributed by atoms with van der Waals surface area (Å²) in [5.74, 6) is 0. The fraction of sp³-hybridized carbons (Fsp3) is 1.00. The monoisotopic (exact) mass is 469 g/mol. The minimum atomic E-state index is -1.75. The van der Waals surface area contributed by atoms with Gasteiger partial charge in [-0.15, -0.1) is 0 Å². The molecule has 0 aromatic carbocycles. The van der Waals surface area contributed by atoms with Crippen LogP contribution in [0, 0.1) is 46.0 Å². The van der Waals surface area contributed by atoms with Gasteiger partial charge in [0.2, 0.25) is 0 Å². The van der Waals surface area contributed by atoms with Crippen LogP contribution in [-0.2, 0) is 19.5 Å². The van der Waals surface area contributed by atoms with Gasteiger partial charge in [0.1, 0.15) is 0 Å². The molecule has 0 aliphatic rings. The Bertz CT molecular complexity index is 196. The molecule has 18 nitrogen and oxygen atoms in total. The second-order valence-electron chi connectivity index (χ2n) is 2.40. The van der Waals surface area contributed by atoms with Crippen LogP contribution in [0.3, 0.4) is 0 Å². The third-order valence-corrected chi connectivity index (χ3v) is 0.500. The van der Waals surface area contributed by atoms with E-state index in [9.17, 15) is 0 Å². The molecule has 25 heavy (non-hydrogen) atoms. The van der Waals surface area contributed by atoms with E-state index in [1.54, 1.807) is 0 Å². The molecule has 0 amide bonds. The molecule has 0 saturated carbocycles. The van der Waals surface area contributed by atoms with Crippen LogP contribution in [0.25, 0.3) is 0 Å². The smallest absolute Gasteiger partial charge is 0.356 e. The summed E-state index contributed by atoms with van der Waals surface area (Å²) in [6.07, 6.45) is 0. The van der Waals surface area contributed by atoms with Gasteiger partial charge in [-0.1, -0.05) is 0 Å². The Balaban J connectivity index is -0.0000000309. The third-order valence-electron chi connectivity index (χ3n) is 0.500. The summed E-state index contributed by atoms with van der Waals surface area (Å²) in [4.78, 5) is 24.8. The first-order valence-electron chi connectivity index (χ1n) is 5.59. The van der Waals surface area contributed by atoms with Crippen LogP contribution < -0.4 is 34.4 Å². The van der Waals surface area contributed by atoms with Crippen molar-refractivity contribution in [2.75, 3.05) is 39.3 Å². The Hall–Kier alpha value is -2.02. The van der Waals surface area contributed by atoms with Gasteiger partial charge in [0.25, 0.3) is 0 Å². The normalized spacial score (nSPS) is 6.48. The molecule has 0 atom stereocenters. The Kier molecular flexibility index (Phi) is 99.9. The fourth-order valence-electron chi connectivity index (χ4n) is 0. The SMILES string of the molecule is NCCN.NCCN.NCCN.O=[N+]([O-])[O-].O=[N+]([O-])[O-].O=[N+]([O-])[O-].[Rh+3]. The van der Waals surface area contributed by atoms with E-state index in [2.05, 4.69) is 0 Å². The fourth-order valence-corrected chi connectivity index (χ4v) is 0. The topological polar surface area (TPSA) is 355 Å². The van der Waals surface area contributed by atoms with Crippen LogP contribution in [0.4, 0.5) is 0 Å². The van der Waals surface area contributed by atoms with E-state index >= 15 is 0 Å². The van der Waals surface area contributed by atoms with Crippen molar-refractivity contribution in [3.05, 3.63) is 46.0 Å². The number of hydrogen-bond donors (Lipinski definition) is 6. The molecule has 0 bridgehead atoms. The molecule has 156 valence electrons. The molecule has 12 N–H and O–H groups in total. The van der Waals surface area contributed by atoms with Gasteiger partial charge in [-0.3, -0.25) is 0 Å². The van der Waals surface area contributed by atoms with Crippen molar-refractivity contribution < 1.29 is 34.7 Å². The van der Waals surface area contributed by atoms with E-state index < -0.39 is 15.3 Å². The largest absolute Gasteiger partial charge is 3.00 e. The Labute approximate surface area is 155 Å². The second-order valence-corrected chi connectivity index (χ2v) is 2.40. The predicted molar refractivity (Wildman–Crippen MR) is 85.4 cm³/mol.